The molecule has 0 heterocycles. The summed E-state index contributed by atoms with van der Waals surface area (Å²) >= 11 is 0. The summed E-state index contributed by atoms with van der Waals surface area (Å²) < 4.78 is 27.2. The predicted molar refractivity (Wildman–Crippen MR) is 119 cm³/mol. The molecule has 28 heavy (non-hydrogen) atoms. The number of Topliss-reactive ketones (excluding diaryl/α,β-unsaturated/α-hetero) is 1. The molecule has 0 aromatic rings. The van der Waals surface area contributed by atoms with Gasteiger partial charge in [0.15, 0.2) is 5.78 Å². The third kappa shape index (κ3) is 22.6. The van der Waals surface area contributed by atoms with Gasteiger partial charge in [0, 0.05) is 42.5 Å². The normalized spacial score (nSPS) is 11.6. The maximum absolute atomic E-state index is 11.6. The summed E-state index contributed by atoms with van der Waals surface area (Å²) in [4.78, 5) is 11.6. The first-order chi connectivity index (χ1) is 13.0. The van der Waals surface area contributed by atoms with Crippen molar-refractivity contribution in [3.05, 3.63) is 12.2 Å². The van der Waals surface area contributed by atoms with E-state index in [-0.39, 0.29) is 54.2 Å². The first kappa shape index (κ1) is 30.5. The number of nitrogens with two attached hydrogens (primary N) is 1. The molecule has 0 aliphatic heterocycles. The fourth-order valence-corrected chi connectivity index (χ4v) is 3.54. The van der Waals surface area contributed by atoms with Gasteiger partial charge in [0.05, 0.1) is 5.75 Å². The predicted octanol–water partition coefficient (Wildman–Crippen LogP) is 4.52. The summed E-state index contributed by atoms with van der Waals surface area (Å²) in [7, 11) is -3.64. The quantitative estimate of drug-likeness (QED) is 0.134. The second kappa shape index (κ2) is 22.0. The van der Waals surface area contributed by atoms with Crippen LogP contribution >= 0.6 is 0 Å². The SMILES string of the molecule is CCCCCCCC/C=C\CCCCCCCC(=O)COS(=O)(=O)CCN.[Na]. The van der Waals surface area contributed by atoms with Gasteiger partial charge in [0.2, 0.25) is 0 Å². The Hall–Kier alpha value is 0.280. The molecule has 0 saturated carbocycles. The minimum Gasteiger partial charge on any atom is -0.329 e. The van der Waals surface area contributed by atoms with Gasteiger partial charge < -0.3 is 5.73 Å². The van der Waals surface area contributed by atoms with Gasteiger partial charge in [0.1, 0.15) is 6.61 Å². The number of carbonyl (C=O) groups excluding carboxylic acids is 1. The van der Waals surface area contributed by atoms with Crippen LogP contribution in [0.5, 0.6) is 0 Å². The van der Waals surface area contributed by atoms with E-state index in [1.807, 2.05) is 0 Å². The van der Waals surface area contributed by atoms with Crippen LogP contribution in [0.1, 0.15) is 96.8 Å². The van der Waals surface area contributed by atoms with Crippen LogP contribution in [0.25, 0.3) is 0 Å². The third-order valence-corrected chi connectivity index (χ3v) is 5.70. The standard InChI is InChI=1S/C21H41NO4S.Na/c1-2-3-4-5-6-7-8-9-10-11-12-13-14-15-16-17-21(23)20-26-27(24,25)19-18-22;/h9-10H,2-8,11-20,22H2,1H3;/b10-9-;. The van der Waals surface area contributed by atoms with E-state index in [2.05, 4.69) is 23.3 Å². The summed E-state index contributed by atoms with van der Waals surface area (Å²) in [6, 6.07) is 0. The molecule has 0 fully saturated rings. The molecule has 0 aliphatic carbocycles. The Labute approximate surface area is 195 Å². The van der Waals surface area contributed by atoms with Crippen molar-refractivity contribution in [2.24, 2.45) is 5.73 Å². The number of hydrogen-bond donors (Lipinski definition) is 1. The second-order valence-corrected chi connectivity index (χ2v) is 8.94. The van der Waals surface area contributed by atoms with Crippen LogP contribution in [0.2, 0.25) is 0 Å². The van der Waals surface area contributed by atoms with Crippen molar-refractivity contribution in [3.8, 4) is 0 Å². The molecule has 7 heteroatoms. The van der Waals surface area contributed by atoms with E-state index in [0.717, 1.165) is 25.7 Å². The minimum atomic E-state index is -3.64. The smallest absolute Gasteiger partial charge is 0.268 e. The minimum absolute atomic E-state index is 0. The first-order valence-corrected chi connectivity index (χ1v) is 12.3. The molecule has 0 atom stereocenters. The average molecular weight is 427 g/mol. The van der Waals surface area contributed by atoms with E-state index < -0.39 is 10.1 Å². The van der Waals surface area contributed by atoms with Gasteiger partial charge >= 0.3 is 0 Å². The van der Waals surface area contributed by atoms with E-state index in [1.54, 1.807) is 0 Å². The van der Waals surface area contributed by atoms with Crippen LogP contribution in [0.15, 0.2) is 12.2 Å². The monoisotopic (exact) mass is 426 g/mol. The van der Waals surface area contributed by atoms with Gasteiger partial charge in [-0.15, -0.1) is 0 Å². The molecule has 0 aromatic carbocycles. The molecule has 0 unspecified atom stereocenters. The molecule has 0 aliphatic rings. The number of rotatable bonds is 20. The van der Waals surface area contributed by atoms with E-state index >= 15 is 0 Å². The Morgan fingerprint density at radius 2 is 1.36 bits per heavy atom. The third-order valence-electron chi connectivity index (χ3n) is 4.48. The zero-order valence-electron chi connectivity index (χ0n) is 18.3. The molecule has 0 spiro atoms. The van der Waals surface area contributed by atoms with Gasteiger partial charge in [-0.05, 0) is 32.1 Å². The largest absolute Gasteiger partial charge is 0.329 e. The Morgan fingerprint density at radius 3 is 1.89 bits per heavy atom. The van der Waals surface area contributed by atoms with Gasteiger partial charge in [-0.1, -0.05) is 70.4 Å². The summed E-state index contributed by atoms with van der Waals surface area (Å²) in [5.74, 6) is -0.401. The molecule has 0 aromatic heterocycles. The number of hydrogen-bond acceptors (Lipinski definition) is 5. The average Bonchev–Trinajstić information content (AvgIpc) is 2.63. The number of allylic oxidation sites excluding steroid dienone is 2. The molecule has 161 valence electrons. The Kier molecular flexibility index (Phi) is 23.9. The van der Waals surface area contributed by atoms with Gasteiger partial charge in [0.25, 0.3) is 10.1 Å². The van der Waals surface area contributed by atoms with Gasteiger partial charge in [-0.2, -0.15) is 8.42 Å². The molecule has 0 saturated heterocycles. The Balaban J connectivity index is 0. The first-order valence-electron chi connectivity index (χ1n) is 10.8. The maximum atomic E-state index is 11.6. The molecule has 0 rings (SSSR count). The van der Waals surface area contributed by atoms with E-state index in [0.29, 0.717) is 6.42 Å². The Bertz CT molecular complexity index is 481. The number of carbonyl (C=O) groups is 1. The molecule has 1 radical (unpaired) electrons. The second-order valence-electron chi connectivity index (χ2n) is 7.19. The fraction of sp³-hybridized carbons (Fsp3) is 0.857. The summed E-state index contributed by atoms with van der Waals surface area (Å²) in [6.45, 7) is 1.90. The van der Waals surface area contributed by atoms with Crippen LogP contribution in [0.4, 0.5) is 0 Å². The van der Waals surface area contributed by atoms with Gasteiger partial charge in [-0.3, -0.25) is 8.98 Å². The number of ketones is 1. The summed E-state index contributed by atoms with van der Waals surface area (Å²) in [5.41, 5.74) is 5.17. The molecule has 2 N–H and O–H groups in total. The molecular weight excluding hydrogens is 385 g/mol. The summed E-state index contributed by atoms with van der Waals surface area (Å²) in [5, 5.41) is 0. The van der Waals surface area contributed by atoms with Crippen LogP contribution < -0.4 is 5.73 Å². The van der Waals surface area contributed by atoms with Crippen LogP contribution in [-0.2, 0) is 19.1 Å². The van der Waals surface area contributed by atoms with Crippen LogP contribution in [-0.4, -0.2) is 62.7 Å². The van der Waals surface area contributed by atoms with E-state index in [1.165, 1.54) is 57.8 Å². The van der Waals surface area contributed by atoms with Crippen molar-refractivity contribution < 1.29 is 17.4 Å². The number of unbranched alkanes of at least 4 members (excludes halogenated alkanes) is 11. The van der Waals surface area contributed by atoms with Crippen LogP contribution in [0, 0.1) is 0 Å². The maximum Gasteiger partial charge on any atom is 0.268 e. The van der Waals surface area contributed by atoms with Crippen molar-refractivity contribution in [3.63, 3.8) is 0 Å². The topological polar surface area (TPSA) is 86.5 Å². The van der Waals surface area contributed by atoms with Crippen molar-refractivity contribution in [2.45, 2.75) is 96.8 Å². The summed E-state index contributed by atoms with van der Waals surface area (Å²) in [6.07, 6.45) is 20.7. The molecular formula is C21H41NNaO4S. The molecule has 0 amide bonds. The fourth-order valence-electron chi connectivity index (χ4n) is 2.82. The van der Waals surface area contributed by atoms with Crippen LogP contribution in [0.3, 0.4) is 0 Å². The van der Waals surface area contributed by atoms with E-state index in [9.17, 15) is 13.2 Å². The van der Waals surface area contributed by atoms with Crippen molar-refractivity contribution in [2.75, 3.05) is 18.9 Å². The van der Waals surface area contributed by atoms with Crippen molar-refractivity contribution in [1.29, 1.82) is 0 Å². The van der Waals surface area contributed by atoms with Crippen molar-refractivity contribution >= 4 is 45.5 Å². The van der Waals surface area contributed by atoms with E-state index in [4.69, 9.17) is 5.73 Å². The molecule has 0 bridgehead atoms. The zero-order chi connectivity index (χ0) is 20.2. The molecule has 5 nitrogen and oxygen atoms in total. The van der Waals surface area contributed by atoms with Gasteiger partial charge in [-0.25, -0.2) is 0 Å². The zero-order valence-corrected chi connectivity index (χ0v) is 21.1. The Morgan fingerprint density at radius 1 is 0.857 bits per heavy atom. The van der Waals surface area contributed by atoms with Crippen molar-refractivity contribution in [1.82, 2.24) is 0 Å².